The Hall–Kier alpha value is -2.68. The van der Waals surface area contributed by atoms with Crippen molar-refractivity contribution < 1.29 is 18.3 Å². The van der Waals surface area contributed by atoms with Crippen molar-refractivity contribution in [2.24, 2.45) is 0 Å². The molecule has 0 N–H and O–H groups in total. The zero-order valence-electron chi connectivity index (χ0n) is 14.0. The first-order valence-corrected chi connectivity index (χ1v) is 8.59. The van der Waals surface area contributed by atoms with E-state index in [1.807, 2.05) is 31.2 Å². The number of hydrogen-bond acceptors (Lipinski definition) is 6. The monoisotopic (exact) mass is 378 g/mol. The van der Waals surface area contributed by atoms with Crippen LogP contribution in [0.3, 0.4) is 0 Å². The summed E-state index contributed by atoms with van der Waals surface area (Å²) >= 11 is 1.46. The minimum atomic E-state index is -2.83. The van der Waals surface area contributed by atoms with E-state index in [-0.39, 0.29) is 11.0 Å². The van der Waals surface area contributed by atoms with E-state index >= 15 is 0 Å². The molecule has 0 aliphatic carbocycles. The number of nitrogens with zero attached hydrogens (tertiary/aromatic N) is 4. The van der Waals surface area contributed by atoms with Crippen LogP contribution < -0.4 is 9.47 Å². The maximum atomic E-state index is 12.2. The Morgan fingerprint density at radius 3 is 2.27 bits per heavy atom. The Kier molecular flexibility index (Phi) is 5.67. The van der Waals surface area contributed by atoms with E-state index in [0.29, 0.717) is 5.16 Å². The summed E-state index contributed by atoms with van der Waals surface area (Å²) in [7, 11) is 1.60. The van der Waals surface area contributed by atoms with Gasteiger partial charge in [0.25, 0.3) is 0 Å². The third kappa shape index (κ3) is 4.29. The molecule has 0 bridgehead atoms. The predicted octanol–water partition coefficient (Wildman–Crippen LogP) is 4.13. The van der Waals surface area contributed by atoms with Crippen LogP contribution >= 0.6 is 11.8 Å². The Morgan fingerprint density at radius 1 is 1.00 bits per heavy atom. The summed E-state index contributed by atoms with van der Waals surface area (Å²) in [5.41, 5.74) is 1.76. The van der Waals surface area contributed by atoms with Crippen molar-refractivity contribution in [1.29, 1.82) is 0 Å². The molecule has 0 amide bonds. The highest BCUT2D eigenvalue weighted by molar-refractivity contribution is 7.99. The molecule has 9 heteroatoms. The van der Waals surface area contributed by atoms with Crippen molar-refractivity contribution in [3.05, 3.63) is 54.1 Å². The largest absolute Gasteiger partial charge is 0.497 e. The highest BCUT2D eigenvalue weighted by Crippen LogP contribution is 2.35. The predicted molar refractivity (Wildman–Crippen MR) is 93.1 cm³/mol. The number of alkyl halides is 2. The molecule has 1 unspecified atom stereocenters. The van der Waals surface area contributed by atoms with Gasteiger partial charge in [0.05, 0.1) is 12.8 Å². The molecule has 0 spiro atoms. The molecule has 3 aromatic rings. The average molecular weight is 378 g/mol. The Labute approximate surface area is 153 Å². The molecule has 1 aromatic heterocycles. The highest BCUT2D eigenvalue weighted by atomic mass is 32.2. The second-order valence-corrected chi connectivity index (χ2v) is 6.59. The van der Waals surface area contributed by atoms with Crippen molar-refractivity contribution in [3.63, 3.8) is 0 Å². The summed E-state index contributed by atoms with van der Waals surface area (Å²) < 4.78 is 35.6. The minimum Gasteiger partial charge on any atom is -0.497 e. The lowest BCUT2D eigenvalue weighted by atomic mass is 10.2. The molecule has 2 aromatic carbocycles. The third-order valence-electron chi connectivity index (χ3n) is 3.61. The van der Waals surface area contributed by atoms with Gasteiger partial charge in [-0.15, -0.1) is 5.10 Å². The van der Waals surface area contributed by atoms with Gasteiger partial charge in [0.2, 0.25) is 5.16 Å². The number of hydrogen-bond donors (Lipinski definition) is 0. The van der Waals surface area contributed by atoms with Crippen molar-refractivity contribution in [3.8, 4) is 17.2 Å². The molecule has 0 fully saturated rings. The first-order valence-electron chi connectivity index (χ1n) is 7.71. The zero-order chi connectivity index (χ0) is 18.5. The Bertz CT molecular complexity index is 841. The number of benzene rings is 2. The maximum Gasteiger partial charge on any atom is 0.387 e. The van der Waals surface area contributed by atoms with Crippen LogP contribution in [0.5, 0.6) is 11.5 Å². The fourth-order valence-corrected chi connectivity index (χ4v) is 3.22. The minimum absolute atomic E-state index is 0.0126. The van der Waals surface area contributed by atoms with Gasteiger partial charge >= 0.3 is 6.61 Å². The van der Waals surface area contributed by atoms with Crippen LogP contribution in [0.1, 0.15) is 17.7 Å². The molecule has 0 aliphatic rings. The van der Waals surface area contributed by atoms with E-state index in [4.69, 9.17) is 4.74 Å². The van der Waals surface area contributed by atoms with E-state index in [9.17, 15) is 8.78 Å². The second kappa shape index (κ2) is 8.13. The van der Waals surface area contributed by atoms with Gasteiger partial charge in [-0.05, 0) is 59.3 Å². The summed E-state index contributed by atoms with van der Waals surface area (Å²) in [6, 6.07) is 13.9. The second-order valence-electron chi connectivity index (χ2n) is 5.28. The van der Waals surface area contributed by atoms with Crippen LogP contribution in [0.25, 0.3) is 5.69 Å². The van der Waals surface area contributed by atoms with Crippen LogP contribution in [0, 0.1) is 0 Å². The summed E-state index contributed by atoms with van der Waals surface area (Å²) in [4.78, 5) is 0. The molecule has 3 rings (SSSR count). The fourth-order valence-electron chi connectivity index (χ4n) is 2.28. The fraction of sp³-hybridized carbons (Fsp3) is 0.235. The molecule has 0 radical (unpaired) electrons. The quantitative estimate of drug-likeness (QED) is 0.576. The zero-order valence-corrected chi connectivity index (χ0v) is 14.9. The van der Waals surface area contributed by atoms with Gasteiger partial charge in [-0.25, -0.2) is 0 Å². The Balaban J connectivity index is 1.73. The maximum absolute atomic E-state index is 12.2. The van der Waals surface area contributed by atoms with Crippen LogP contribution in [-0.2, 0) is 0 Å². The lowest BCUT2D eigenvalue weighted by molar-refractivity contribution is -0.0498. The highest BCUT2D eigenvalue weighted by Gasteiger charge is 2.15. The van der Waals surface area contributed by atoms with Crippen molar-refractivity contribution in [2.45, 2.75) is 23.9 Å². The molecule has 1 heterocycles. The van der Waals surface area contributed by atoms with Gasteiger partial charge in [0.15, 0.2) is 0 Å². The molecule has 26 heavy (non-hydrogen) atoms. The first kappa shape index (κ1) is 18.1. The molecule has 136 valence electrons. The van der Waals surface area contributed by atoms with Crippen molar-refractivity contribution in [2.75, 3.05) is 7.11 Å². The van der Waals surface area contributed by atoms with E-state index in [1.54, 1.807) is 23.9 Å². The van der Waals surface area contributed by atoms with Crippen LogP contribution in [0.15, 0.2) is 53.7 Å². The standard InChI is InChI=1S/C17H16F2N4O2S/c1-11(12-3-7-15(8-4-12)25-16(18)19)26-17-20-21-22-23(17)13-5-9-14(24-2)10-6-13/h3-11,16H,1-2H3. The first-order chi connectivity index (χ1) is 12.6. The van der Waals surface area contributed by atoms with E-state index in [0.717, 1.165) is 17.0 Å². The summed E-state index contributed by atoms with van der Waals surface area (Å²) in [5, 5.41) is 12.5. The normalized spacial score (nSPS) is 12.2. The number of rotatable bonds is 7. The van der Waals surface area contributed by atoms with Crippen molar-refractivity contribution >= 4 is 11.8 Å². The summed E-state index contributed by atoms with van der Waals surface area (Å²) in [6.07, 6.45) is 0. The number of halogens is 2. The molecular formula is C17H16F2N4O2S. The van der Waals surface area contributed by atoms with Gasteiger partial charge in [-0.3, -0.25) is 0 Å². The van der Waals surface area contributed by atoms with E-state index < -0.39 is 6.61 Å². The van der Waals surface area contributed by atoms with Crippen LogP contribution in [0.2, 0.25) is 0 Å². The summed E-state index contributed by atoms with van der Waals surface area (Å²) in [6.45, 7) is -0.845. The van der Waals surface area contributed by atoms with Gasteiger partial charge in [-0.1, -0.05) is 23.9 Å². The number of aromatic nitrogens is 4. The van der Waals surface area contributed by atoms with Gasteiger partial charge in [0.1, 0.15) is 11.5 Å². The van der Waals surface area contributed by atoms with E-state index in [1.165, 1.54) is 23.9 Å². The molecular weight excluding hydrogens is 362 g/mol. The third-order valence-corrected chi connectivity index (χ3v) is 4.71. The van der Waals surface area contributed by atoms with Gasteiger partial charge in [-0.2, -0.15) is 13.5 Å². The van der Waals surface area contributed by atoms with Crippen LogP contribution in [-0.4, -0.2) is 33.9 Å². The van der Waals surface area contributed by atoms with E-state index in [2.05, 4.69) is 20.3 Å². The number of ether oxygens (including phenoxy) is 2. The van der Waals surface area contributed by atoms with Crippen LogP contribution in [0.4, 0.5) is 8.78 Å². The lowest BCUT2D eigenvalue weighted by Crippen LogP contribution is -2.02. The average Bonchev–Trinajstić information content (AvgIpc) is 3.10. The van der Waals surface area contributed by atoms with Gasteiger partial charge in [0, 0.05) is 5.25 Å². The molecule has 0 saturated heterocycles. The van der Waals surface area contributed by atoms with Crippen molar-refractivity contribution in [1.82, 2.24) is 20.2 Å². The number of methoxy groups -OCH3 is 1. The molecule has 1 atom stereocenters. The van der Waals surface area contributed by atoms with Gasteiger partial charge < -0.3 is 9.47 Å². The molecule has 6 nitrogen and oxygen atoms in total. The molecule has 0 saturated carbocycles. The summed E-state index contributed by atoms with van der Waals surface area (Å²) in [5.74, 6) is 0.875. The molecule has 0 aliphatic heterocycles. The topological polar surface area (TPSA) is 62.1 Å². The smallest absolute Gasteiger partial charge is 0.387 e. The lowest BCUT2D eigenvalue weighted by Gasteiger charge is -2.12. The Morgan fingerprint density at radius 2 is 1.65 bits per heavy atom. The SMILES string of the molecule is COc1ccc(-n2nnnc2SC(C)c2ccc(OC(F)F)cc2)cc1. The number of thioether (sulfide) groups is 1. The number of tetrazole rings is 1.